The van der Waals surface area contributed by atoms with Gasteiger partial charge in [-0.05, 0) is 30.7 Å². The molecule has 7 heteroatoms. The van der Waals surface area contributed by atoms with Crippen molar-refractivity contribution >= 4 is 33.8 Å². The molecule has 1 atom stereocenters. The highest BCUT2D eigenvalue weighted by Gasteiger charge is 2.50. The number of nitrogens with one attached hydrogen (secondary N) is 2. The summed E-state index contributed by atoms with van der Waals surface area (Å²) in [6, 6.07) is 14.9. The first-order valence-electron chi connectivity index (χ1n) is 7.20. The van der Waals surface area contributed by atoms with Crippen molar-refractivity contribution in [3.05, 3.63) is 70.2 Å². The predicted octanol–water partition coefficient (Wildman–Crippen LogP) is 2.56. The number of imide groups is 1. The molecule has 1 fully saturated rings. The second kappa shape index (κ2) is 6.09. The summed E-state index contributed by atoms with van der Waals surface area (Å²) < 4.78 is 0.724. The lowest BCUT2D eigenvalue weighted by atomic mass is 9.92. The van der Waals surface area contributed by atoms with Gasteiger partial charge in [-0.25, -0.2) is 4.79 Å². The number of hydrogen-bond donors (Lipinski definition) is 2. The van der Waals surface area contributed by atoms with E-state index in [1.54, 1.807) is 55.5 Å². The zero-order valence-corrected chi connectivity index (χ0v) is 14.3. The Kier molecular flexibility index (Phi) is 4.11. The van der Waals surface area contributed by atoms with E-state index in [0.29, 0.717) is 11.1 Å². The number of halogens is 1. The van der Waals surface area contributed by atoms with Crippen molar-refractivity contribution in [1.82, 2.24) is 15.8 Å². The molecule has 1 aliphatic heterocycles. The van der Waals surface area contributed by atoms with E-state index in [1.165, 1.54) is 0 Å². The first-order valence-corrected chi connectivity index (χ1v) is 8.00. The highest BCUT2D eigenvalue weighted by molar-refractivity contribution is 9.10. The molecule has 2 aromatic carbocycles. The van der Waals surface area contributed by atoms with Gasteiger partial charge in [0, 0.05) is 10.0 Å². The van der Waals surface area contributed by atoms with Crippen LogP contribution in [0, 0.1) is 0 Å². The molecule has 0 unspecified atom stereocenters. The third-order valence-electron chi connectivity index (χ3n) is 3.84. The molecule has 122 valence electrons. The van der Waals surface area contributed by atoms with Gasteiger partial charge >= 0.3 is 6.03 Å². The summed E-state index contributed by atoms with van der Waals surface area (Å²) in [7, 11) is 0. The number of carbonyl (C=O) groups is 3. The maximum atomic E-state index is 12.7. The zero-order valence-electron chi connectivity index (χ0n) is 12.7. The van der Waals surface area contributed by atoms with Crippen molar-refractivity contribution in [2.45, 2.75) is 12.5 Å². The number of rotatable bonds is 3. The van der Waals surface area contributed by atoms with E-state index in [-0.39, 0.29) is 0 Å². The van der Waals surface area contributed by atoms with Crippen LogP contribution < -0.4 is 10.7 Å². The summed E-state index contributed by atoms with van der Waals surface area (Å²) in [4.78, 5) is 37.2. The minimum absolute atomic E-state index is 0.332. The van der Waals surface area contributed by atoms with Gasteiger partial charge in [0.2, 0.25) is 0 Å². The second-order valence-corrected chi connectivity index (χ2v) is 6.43. The molecule has 4 amide bonds. The number of carbonyl (C=O) groups excluding carboxylic acids is 3. The first kappa shape index (κ1) is 16.2. The summed E-state index contributed by atoms with van der Waals surface area (Å²) in [5.41, 5.74) is 2.11. The maximum Gasteiger partial charge on any atom is 0.344 e. The molecule has 0 bridgehead atoms. The molecular formula is C17H14BrN3O3. The summed E-state index contributed by atoms with van der Waals surface area (Å²) in [5.74, 6) is -1.08. The Bertz CT molecular complexity index is 825. The Morgan fingerprint density at radius 1 is 1.12 bits per heavy atom. The second-order valence-electron chi connectivity index (χ2n) is 5.51. The van der Waals surface area contributed by atoms with Crippen LogP contribution in [0.3, 0.4) is 0 Å². The van der Waals surface area contributed by atoms with E-state index in [4.69, 9.17) is 0 Å². The van der Waals surface area contributed by atoms with Crippen LogP contribution in [0.4, 0.5) is 4.79 Å². The van der Waals surface area contributed by atoms with Gasteiger partial charge in [0.15, 0.2) is 0 Å². The number of benzene rings is 2. The molecule has 2 aromatic rings. The van der Waals surface area contributed by atoms with Gasteiger partial charge in [-0.2, -0.15) is 5.01 Å². The molecular weight excluding hydrogens is 374 g/mol. The average Bonchev–Trinajstić information content (AvgIpc) is 2.80. The molecule has 3 rings (SSSR count). The third kappa shape index (κ3) is 2.78. The van der Waals surface area contributed by atoms with Gasteiger partial charge in [-0.1, -0.05) is 52.3 Å². The van der Waals surface area contributed by atoms with Gasteiger partial charge in [0.25, 0.3) is 11.8 Å². The molecule has 1 aliphatic rings. The molecule has 1 saturated heterocycles. The SMILES string of the molecule is C[C@@]1(c2ccccc2)NC(=O)N(NC(=O)c2cccc(Br)c2)C1=O. The van der Waals surface area contributed by atoms with Crippen molar-refractivity contribution in [3.8, 4) is 0 Å². The summed E-state index contributed by atoms with van der Waals surface area (Å²) >= 11 is 3.28. The predicted molar refractivity (Wildman–Crippen MR) is 90.8 cm³/mol. The number of hydrazine groups is 1. The Balaban J connectivity index is 1.84. The Morgan fingerprint density at radius 3 is 2.50 bits per heavy atom. The maximum absolute atomic E-state index is 12.7. The van der Waals surface area contributed by atoms with Crippen molar-refractivity contribution in [2.24, 2.45) is 0 Å². The number of urea groups is 1. The first-order chi connectivity index (χ1) is 11.4. The molecule has 0 saturated carbocycles. The lowest BCUT2D eigenvalue weighted by Crippen LogP contribution is -2.47. The van der Waals surface area contributed by atoms with E-state index in [2.05, 4.69) is 26.7 Å². The van der Waals surface area contributed by atoms with E-state index in [1.807, 2.05) is 6.07 Å². The monoisotopic (exact) mass is 387 g/mol. The van der Waals surface area contributed by atoms with Crippen LogP contribution in [-0.4, -0.2) is 22.9 Å². The van der Waals surface area contributed by atoms with Crippen LogP contribution in [0.5, 0.6) is 0 Å². The van der Waals surface area contributed by atoms with Crippen LogP contribution in [0.1, 0.15) is 22.8 Å². The van der Waals surface area contributed by atoms with Gasteiger partial charge < -0.3 is 5.32 Å². The molecule has 0 radical (unpaired) electrons. The summed E-state index contributed by atoms with van der Waals surface area (Å²) in [5, 5.41) is 3.35. The minimum Gasteiger partial charge on any atom is -0.318 e. The molecule has 24 heavy (non-hydrogen) atoms. The van der Waals surface area contributed by atoms with Crippen LogP contribution in [0.15, 0.2) is 59.1 Å². The quantitative estimate of drug-likeness (QED) is 0.794. The van der Waals surface area contributed by atoms with Crippen molar-refractivity contribution < 1.29 is 14.4 Å². The molecule has 1 heterocycles. The smallest absolute Gasteiger partial charge is 0.318 e. The molecule has 0 aliphatic carbocycles. The Hall–Kier alpha value is -2.67. The van der Waals surface area contributed by atoms with Gasteiger partial charge in [-0.3, -0.25) is 15.0 Å². The van der Waals surface area contributed by atoms with Gasteiger partial charge in [-0.15, -0.1) is 0 Å². The lowest BCUT2D eigenvalue weighted by molar-refractivity contribution is -0.132. The molecule has 0 spiro atoms. The van der Waals surface area contributed by atoms with E-state index in [9.17, 15) is 14.4 Å². The third-order valence-corrected chi connectivity index (χ3v) is 4.34. The highest BCUT2D eigenvalue weighted by Crippen LogP contribution is 2.27. The molecule has 6 nitrogen and oxygen atoms in total. The Morgan fingerprint density at radius 2 is 1.83 bits per heavy atom. The molecule has 0 aromatic heterocycles. The van der Waals surface area contributed by atoms with Crippen LogP contribution >= 0.6 is 15.9 Å². The standard InChI is InChI=1S/C17H14BrN3O3/c1-17(12-7-3-2-4-8-12)15(23)21(16(24)19-17)20-14(22)11-6-5-9-13(18)10-11/h2-10H,1H3,(H,19,24)(H,20,22)/t17-/m0/s1. The zero-order chi connectivity index (χ0) is 17.3. The fourth-order valence-electron chi connectivity index (χ4n) is 2.50. The Labute approximate surface area is 146 Å². The largest absolute Gasteiger partial charge is 0.344 e. The van der Waals surface area contributed by atoms with Crippen molar-refractivity contribution in [1.29, 1.82) is 0 Å². The average molecular weight is 388 g/mol. The lowest BCUT2D eigenvalue weighted by Gasteiger charge is -2.22. The normalized spacial score (nSPS) is 20.0. The molecule has 2 N–H and O–H groups in total. The summed E-state index contributed by atoms with van der Waals surface area (Å²) in [6.07, 6.45) is 0. The van der Waals surface area contributed by atoms with Gasteiger partial charge in [0.05, 0.1) is 0 Å². The number of hydrogen-bond acceptors (Lipinski definition) is 3. The van der Waals surface area contributed by atoms with Crippen LogP contribution in [0.2, 0.25) is 0 Å². The van der Waals surface area contributed by atoms with Crippen LogP contribution in [-0.2, 0) is 10.3 Å². The van der Waals surface area contributed by atoms with Crippen LogP contribution in [0.25, 0.3) is 0 Å². The van der Waals surface area contributed by atoms with E-state index >= 15 is 0 Å². The van der Waals surface area contributed by atoms with E-state index < -0.39 is 23.4 Å². The fraction of sp³-hybridized carbons (Fsp3) is 0.118. The fourth-order valence-corrected chi connectivity index (χ4v) is 2.90. The van der Waals surface area contributed by atoms with Crippen molar-refractivity contribution in [2.75, 3.05) is 0 Å². The van der Waals surface area contributed by atoms with Gasteiger partial charge in [0.1, 0.15) is 5.54 Å². The number of nitrogens with zero attached hydrogens (tertiary/aromatic N) is 1. The highest BCUT2D eigenvalue weighted by atomic mass is 79.9. The minimum atomic E-state index is -1.22. The number of amides is 4. The topological polar surface area (TPSA) is 78.5 Å². The van der Waals surface area contributed by atoms with Crippen molar-refractivity contribution in [3.63, 3.8) is 0 Å². The summed E-state index contributed by atoms with van der Waals surface area (Å²) in [6.45, 7) is 1.60. The van der Waals surface area contributed by atoms with E-state index in [0.717, 1.165) is 9.48 Å².